The van der Waals surface area contributed by atoms with Gasteiger partial charge in [-0.3, -0.25) is 5.10 Å². The third-order valence-corrected chi connectivity index (χ3v) is 3.98. The molecule has 0 radical (unpaired) electrons. The van der Waals surface area contributed by atoms with E-state index in [1.54, 1.807) is 0 Å². The van der Waals surface area contributed by atoms with E-state index in [0.29, 0.717) is 0 Å². The number of anilines is 1. The van der Waals surface area contributed by atoms with Gasteiger partial charge in [-0.15, -0.1) is 0 Å². The number of aromatic nitrogens is 2. The minimum absolute atomic E-state index is 0.737. The van der Waals surface area contributed by atoms with Gasteiger partial charge in [0.1, 0.15) is 5.75 Å². The average Bonchev–Trinajstić information content (AvgIpc) is 3.09. The van der Waals surface area contributed by atoms with Crippen molar-refractivity contribution in [2.24, 2.45) is 0 Å². The van der Waals surface area contributed by atoms with E-state index in [1.165, 1.54) is 12.8 Å². The molecule has 0 saturated heterocycles. The van der Waals surface area contributed by atoms with Crippen molar-refractivity contribution < 1.29 is 4.74 Å². The minimum atomic E-state index is 0.737. The normalized spacial score (nSPS) is 10.7. The van der Waals surface area contributed by atoms with Crippen molar-refractivity contribution in [2.75, 3.05) is 12.3 Å². The molecule has 0 aliphatic heterocycles. The van der Waals surface area contributed by atoms with E-state index >= 15 is 0 Å². The Morgan fingerprint density at radius 3 is 2.75 bits per heavy atom. The molecule has 0 spiro atoms. The number of nitrogens with one attached hydrogen (secondary N) is 1. The van der Waals surface area contributed by atoms with Gasteiger partial charge in [-0.2, -0.15) is 5.10 Å². The van der Waals surface area contributed by atoms with E-state index in [-0.39, 0.29) is 0 Å². The maximum absolute atomic E-state index is 6.04. The number of hydrogen-bond donors (Lipinski definition) is 2. The van der Waals surface area contributed by atoms with E-state index in [2.05, 4.69) is 17.1 Å². The van der Waals surface area contributed by atoms with E-state index in [4.69, 9.17) is 10.5 Å². The number of para-hydroxylation sites is 1. The molecule has 0 amide bonds. The first-order valence-corrected chi connectivity index (χ1v) is 8.41. The van der Waals surface area contributed by atoms with Gasteiger partial charge in [-0.05, 0) is 30.7 Å². The van der Waals surface area contributed by atoms with Gasteiger partial charge in [0.25, 0.3) is 0 Å². The maximum Gasteiger partial charge on any atom is 0.119 e. The van der Waals surface area contributed by atoms with Crippen LogP contribution in [0.5, 0.6) is 5.75 Å². The van der Waals surface area contributed by atoms with Crippen LogP contribution in [0.25, 0.3) is 22.5 Å². The van der Waals surface area contributed by atoms with Gasteiger partial charge >= 0.3 is 0 Å². The molecular weight excluding hydrogens is 298 g/mol. The highest BCUT2D eigenvalue weighted by atomic mass is 16.5. The van der Waals surface area contributed by atoms with Crippen molar-refractivity contribution in [3.8, 4) is 28.3 Å². The zero-order chi connectivity index (χ0) is 16.8. The lowest BCUT2D eigenvalue weighted by Gasteiger charge is -2.06. The van der Waals surface area contributed by atoms with Crippen LogP contribution >= 0.6 is 0 Å². The lowest BCUT2D eigenvalue weighted by atomic mass is 10.1. The summed E-state index contributed by atoms with van der Waals surface area (Å²) in [5.74, 6) is 0.882. The molecule has 0 aliphatic rings. The van der Waals surface area contributed by atoms with Crippen LogP contribution in [0, 0.1) is 0 Å². The molecule has 0 fully saturated rings. The van der Waals surface area contributed by atoms with Crippen molar-refractivity contribution in [3.05, 3.63) is 54.6 Å². The summed E-state index contributed by atoms with van der Waals surface area (Å²) in [5.41, 5.74) is 10.6. The summed E-state index contributed by atoms with van der Waals surface area (Å²) < 4.78 is 5.82. The summed E-state index contributed by atoms with van der Waals surface area (Å²) in [6, 6.07) is 17.8. The predicted octanol–water partition coefficient (Wildman–Crippen LogP) is 4.89. The molecule has 1 aromatic heterocycles. The molecule has 24 heavy (non-hydrogen) atoms. The molecule has 1 heterocycles. The fourth-order valence-electron chi connectivity index (χ4n) is 2.64. The second-order valence-electron chi connectivity index (χ2n) is 5.84. The maximum atomic E-state index is 6.04. The van der Waals surface area contributed by atoms with Crippen LogP contribution in [0.3, 0.4) is 0 Å². The van der Waals surface area contributed by atoms with Crippen molar-refractivity contribution in [1.29, 1.82) is 0 Å². The van der Waals surface area contributed by atoms with Gasteiger partial charge in [-0.1, -0.05) is 50.1 Å². The number of rotatable bonds is 7. The van der Waals surface area contributed by atoms with Crippen molar-refractivity contribution in [3.63, 3.8) is 0 Å². The molecule has 4 heteroatoms. The molecule has 2 aromatic carbocycles. The number of aromatic amines is 1. The van der Waals surface area contributed by atoms with E-state index in [1.807, 2.05) is 54.6 Å². The van der Waals surface area contributed by atoms with E-state index < -0.39 is 0 Å². The molecule has 0 bridgehead atoms. The number of unbranched alkanes of at least 4 members (excludes halogenated alkanes) is 2. The van der Waals surface area contributed by atoms with Gasteiger partial charge in [0.15, 0.2) is 0 Å². The number of benzene rings is 2. The van der Waals surface area contributed by atoms with Crippen molar-refractivity contribution in [1.82, 2.24) is 10.2 Å². The Kier molecular flexibility index (Phi) is 5.16. The SMILES string of the molecule is CCCCCOc1cccc(-c2cc(-c3ccccc3N)[nH]n2)c1. The Hall–Kier alpha value is -2.75. The summed E-state index contributed by atoms with van der Waals surface area (Å²) in [6.45, 7) is 2.94. The fourth-order valence-corrected chi connectivity index (χ4v) is 2.64. The number of nitrogen functional groups attached to an aromatic ring is 1. The van der Waals surface area contributed by atoms with Gasteiger partial charge in [-0.25, -0.2) is 0 Å². The second kappa shape index (κ2) is 7.68. The highest BCUT2D eigenvalue weighted by molar-refractivity contribution is 5.76. The number of nitrogens with two attached hydrogens (primary N) is 1. The number of ether oxygens (including phenoxy) is 1. The Bertz CT molecular complexity index is 795. The molecule has 3 rings (SSSR count). The zero-order valence-electron chi connectivity index (χ0n) is 14.0. The molecule has 3 aromatic rings. The quantitative estimate of drug-likeness (QED) is 0.481. The zero-order valence-corrected chi connectivity index (χ0v) is 14.0. The monoisotopic (exact) mass is 321 g/mol. The molecule has 124 valence electrons. The fraction of sp³-hybridized carbons (Fsp3) is 0.250. The predicted molar refractivity (Wildman–Crippen MR) is 98.9 cm³/mol. The van der Waals surface area contributed by atoms with Crippen LogP contribution in [-0.2, 0) is 0 Å². The largest absolute Gasteiger partial charge is 0.494 e. The van der Waals surface area contributed by atoms with Gasteiger partial charge in [0.05, 0.1) is 18.0 Å². The van der Waals surface area contributed by atoms with Gasteiger partial charge in [0, 0.05) is 16.8 Å². The van der Waals surface area contributed by atoms with Gasteiger partial charge < -0.3 is 10.5 Å². The number of hydrogen-bond acceptors (Lipinski definition) is 3. The van der Waals surface area contributed by atoms with Crippen LogP contribution in [0.15, 0.2) is 54.6 Å². The molecule has 3 N–H and O–H groups in total. The average molecular weight is 321 g/mol. The summed E-state index contributed by atoms with van der Waals surface area (Å²) in [5, 5.41) is 7.49. The summed E-state index contributed by atoms with van der Waals surface area (Å²) in [4.78, 5) is 0. The van der Waals surface area contributed by atoms with Crippen LogP contribution in [0.4, 0.5) is 5.69 Å². The van der Waals surface area contributed by atoms with Crippen molar-refractivity contribution in [2.45, 2.75) is 26.2 Å². The second-order valence-corrected chi connectivity index (χ2v) is 5.84. The first-order chi connectivity index (χ1) is 11.8. The highest BCUT2D eigenvalue weighted by Gasteiger charge is 2.08. The number of H-pyrrole nitrogens is 1. The summed E-state index contributed by atoms with van der Waals surface area (Å²) in [7, 11) is 0. The van der Waals surface area contributed by atoms with Crippen molar-refractivity contribution >= 4 is 5.69 Å². The first kappa shape index (κ1) is 16.1. The third kappa shape index (κ3) is 3.77. The lowest BCUT2D eigenvalue weighted by molar-refractivity contribution is 0.306. The molecule has 0 saturated carbocycles. The Morgan fingerprint density at radius 1 is 1.04 bits per heavy atom. The topological polar surface area (TPSA) is 63.9 Å². The molecule has 0 unspecified atom stereocenters. The smallest absolute Gasteiger partial charge is 0.119 e. The van der Waals surface area contributed by atoms with Crippen LogP contribution in [-0.4, -0.2) is 16.8 Å². The highest BCUT2D eigenvalue weighted by Crippen LogP contribution is 2.29. The summed E-state index contributed by atoms with van der Waals surface area (Å²) >= 11 is 0. The standard InChI is InChI=1S/C20H23N3O/c1-2-3-6-12-24-16-9-7-8-15(13-16)19-14-20(23-22-19)17-10-4-5-11-18(17)21/h4-5,7-11,13-14H,2-3,6,12,21H2,1H3,(H,22,23). The van der Waals surface area contributed by atoms with Gasteiger partial charge in [0.2, 0.25) is 0 Å². The molecule has 0 aliphatic carbocycles. The van der Waals surface area contributed by atoms with Crippen LogP contribution in [0.1, 0.15) is 26.2 Å². The molecule has 0 atom stereocenters. The molecular formula is C20H23N3O. The van der Waals surface area contributed by atoms with Crippen LogP contribution < -0.4 is 10.5 Å². The Labute approximate surface area is 142 Å². The summed E-state index contributed by atoms with van der Waals surface area (Å²) in [6.07, 6.45) is 3.48. The minimum Gasteiger partial charge on any atom is -0.494 e. The lowest BCUT2D eigenvalue weighted by Crippen LogP contribution is -1.96. The van der Waals surface area contributed by atoms with E-state index in [0.717, 1.165) is 47.0 Å². The van der Waals surface area contributed by atoms with E-state index in [9.17, 15) is 0 Å². The first-order valence-electron chi connectivity index (χ1n) is 8.41. The number of nitrogens with zero attached hydrogens (tertiary/aromatic N) is 1. The Balaban J connectivity index is 1.77. The van der Waals surface area contributed by atoms with Crippen LogP contribution in [0.2, 0.25) is 0 Å². The molecule has 4 nitrogen and oxygen atoms in total. The Morgan fingerprint density at radius 2 is 1.92 bits per heavy atom. The third-order valence-electron chi connectivity index (χ3n) is 3.98.